The molecule has 2 aromatic rings. The molecule has 0 spiro atoms. The van der Waals surface area contributed by atoms with Crippen molar-refractivity contribution >= 4 is 22.8 Å². The first-order chi connectivity index (χ1) is 10.2. The molecule has 2 atom stereocenters. The van der Waals surface area contributed by atoms with Gasteiger partial charge in [0.2, 0.25) is 0 Å². The summed E-state index contributed by atoms with van der Waals surface area (Å²) in [5.74, 6) is 0.424. The average molecular weight is 300 g/mol. The lowest BCUT2D eigenvalue weighted by molar-refractivity contribution is 0.405. The predicted octanol–water partition coefficient (Wildman–Crippen LogP) is 2.75. The smallest absolute Gasteiger partial charge is 0.270 e. The normalized spacial score (nSPS) is 21.6. The van der Waals surface area contributed by atoms with E-state index in [1.807, 2.05) is 12.3 Å². The third-order valence-electron chi connectivity index (χ3n) is 4.20. The van der Waals surface area contributed by atoms with Crippen LogP contribution in [0.25, 0.3) is 11.0 Å². The molecule has 2 aromatic heterocycles. The van der Waals surface area contributed by atoms with Crippen LogP contribution in [-0.4, -0.2) is 20.8 Å². The summed E-state index contributed by atoms with van der Waals surface area (Å²) in [6, 6.07) is 3.72. The van der Waals surface area contributed by atoms with Gasteiger partial charge in [-0.3, -0.25) is 9.36 Å². The zero-order chi connectivity index (χ0) is 15.0. The van der Waals surface area contributed by atoms with Crippen molar-refractivity contribution in [3.05, 3.63) is 28.2 Å². The molecule has 0 aromatic carbocycles. The van der Waals surface area contributed by atoms with E-state index in [1.165, 1.54) is 11.8 Å². The Bertz CT molecular complexity index is 793. The highest BCUT2D eigenvalue weighted by Gasteiger charge is 2.28. The highest BCUT2D eigenvalue weighted by atomic mass is 32.2. The highest BCUT2D eigenvalue weighted by molar-refractivity contribution is 7.98. The molecule has 1 aliphatic rings. The van der Waals surface area contributed by atoms with Crippen molar-refractivity contribution in [2.45, 2.75) is 37.4 Å². The summed E-state index contributed by atoms with van der Waals surface area (Å²) >= 11 is 1.45. The van der Waals surface area contributed by atoms with Crippen LogP contribution in [-0.2, 0) is 0 Å². The molecule has 0 aliphatic heterocycles. The minimum atomic E-state index is -0.227. The molecule has 1 aliphatic carbocycles. The van der Waals surface area contributed by atoms with E-state index in [1.54, 1.807) is 16.8 Å². The van der Waals surface area contributed by atoms with Gasteiger partial charge >= 0.3 is 0 Å². The van der Waals surface area contributed by atoms with Crippen LogP contribution < -0.4 is 5.56 Å². The van der Waals surface area contributed by atoms with E-state index < -0.39 is 0 Å². The fraction of sp³-hybridized carbons (Fsp3) is 0.467. The summed E-state index contributed by atoms with van der Waals surface area (Å²) in [5, 5.41) is 10.6. The van der Waals surface area contributed by atoms with Gasteiger partial charge in [0.05, 0.1) is 0 Å². The second-order valence-corrected chi connectivity index (χ2v) is 6.23. The van der Waals surface area contributed by atoms with Crippen LogP contribution >= 0.6 is 11.8 Å². The number of pyridine rings is 1. The van der Waals surface area contributed by atoms with Crippen molar-refractivity contribution in [3.63, 3.8) is 0 Å². The molecule has 1 fully saturated rings. The minimum Gasteiger partial charge on any atom is -0.288 e. The second kappa shape index (κ2) is 5.49. The summed E-state index contributed by atoms with van der Waals surface area (Å²) in [5.41, 5.74) is 0.591. The second-order valence-electron chi connectivity index (χ2n) is 5.46. The van der Waals surface area contributed by atoms with Crippen molar-refractivity contribution in [3.8, 4) is 6.07 Å². The number of aromatic nitrogens is 3. The maximum Gasteiger partial charge on any atom is 0.270 e. The summed E-state index contributed by atoms with van der Waals surface area (Å²) in [6.07, 6.45) is 6.78. The number of fused-ring (bicyclic) bond motifs is 1. The Balaban J connectivity index is 2.35. The molecule has 2 heterocycles. The Morgan fingerprint density at radius 1 is 1.48 bits per heavy atom. The molecule has 6 heteroatoms. The quantitative estimate of drug-likeness (QED) is 0.630. The molecular weight excluding hydrogens is 284 g/mol. The number of nitriles is 1. The molecule has 0 N–H and O–H groups in total. The summed E-state index contributed by atoms with van der Waals surface area (Å²) in [6.45, 7) is 2.16. The zero-order valence-corrected chi connectivity index (χ0v) is 12.9. The summed E-state index contributed by atoms with van der Waals surface area (Å²) < 4.78 is 1.73. The van der Waals surface area contributed by atoms with Gasteiger partial charge in [-0.15, -0.1) is 0 Å². The Labute approximate surface area is 127 Å². The lowest BCUT2D eigenvalue weighted by atomic mass is 10.1. The molecule has 5 nitrogen and oxygen atoms in total. The van der Waals surface area contributed by atoms with Gasteiger partial charge < -0.3 is 0 Å². The molecule has 21 heavy (non-hydrogen) atoms. The number of hydrogen-bond acceptors (Lipinski definition) is 5. The Hall–Kier alpha value is -1.87. The number of rotatable bonds is 2. The first-order valence-electron chi connectivity index (χ1n) is 7.02. The molecule has 1 saturated carbocycles. The lowest BCUT2D eigenvalue weighted by Gasteiger charge is -2.20. The number of nitrogens with zero attached hydrogens (tertiary/aromatic N) is 4. The van der Waals surface area contributed by atoms with Gasteiger partial charge in [0.1, 0.15) is 17.3 Å². The maximum atomic E-state index is 12.6. The molecule has 0 amide bonds. The van der Waals surface area contributed by atoms with Crippen molar-refractivity contribution in [1.29, 1.82) is 5.26 Å². The first kappa shape index (κ1) is 14.1. The molecule has 2 unspecified atom stereocenters. The summed E-state index contributed by atoms with van der Waals surface area (Å²) in [4.78, 5) is 21.4. The van der Waals surface area contributed by atoms with Gasteiger partial charge in [-0.2, -0.15) is 5.26 Å². The summed E-state index contributed by atoms with van der Waals surface area (Å²) in [7, 11) is 0. The molecule has 3 rings (SSSR count). The molecule has 0 saturated heterocycles. The highest BCUT2D eigenvalue weighted by Crippen LogP contribution is 2.35. The third-order valence-corrected chi connectivity index (χ3v) is 4.76. The van der Waals surface area contributed by atoms with E-state index in [4.69, 9.17) is 0 Å². The molecular formula is C15H16N4OS. The van der Waals surface area contributed by atoms with Gasteiger partial charge in [-0.05, 0) is 31.1 Å². The van der Waals surface area contributed by atoms with E-state index in [9.17, 15) is 10.1 Å². The fourth-order valence-electron chi connectivity index (χ4n) is 3.10. The van der Waals surface area contributed by atoms with Crippen molar-refractivity contribution < 1.29 is 0 Å². The molecule has 0 radical (unpaired) electrons. The number of thioether (sulfide) groups is 1. The van der Waals surface area contributed by atoms with Crippen LogP contribution in [0.2, 0.25) is 0 Å². The van der Waals surface area contributed by atoms with E-state index in [2.05, 4.69) is 16.9 Å². The van der Waals surface area contributed by atoms with Gasteiger partial charge in [0, 0.05) is 17.6 Å². The first-order valence-corrected chi connectivity index (χ1v) is 8.24. The van der Waals surface area contributed by atoms with E-state index in [-0.39, 0.29) is 17.2 Å². The van der Waals surface area contributed by atoms with E-state index in [0.29, 0.717) is 16.7 Å². The largest absolute Gasteiger partial charge is 0.288 e. The van der Waals surface area contributed by atoms with Crippen LogP contribution in [0.15, 0.2) is 22.2 Å². The fourth-order valence-corrected chi connectivity index (χ4v) is 3.44. The predicted molar refractivity (Wildman–Crippen MR) is 82.3 cm³/mol. The minimum absolute atomic E-state index is 0.123. The van der Waals surface area contributed by atoms with E-state index in [0.717, 1.165) is 24.6 Å². The van der Waals surface area contributed by atoms with Crippen LogP contribution in [0, 0.1) is 17.2 Å². The van der Waals surface area contributed by atoms with Gasteiger partial charge in [0.25, 0.3) is 5.56 Å². The average Bonchev–Trinajstić information content (AvgIpc) is 2.92. The Kier molecular flexibility index (Phi) is 3.68. The van der Waals surface area contributed by atoms with Crippen molar-refractivity contribution in [2.75, 3.05) is 6.26 Å². The Morgan fingerprint density at radius 2 is 2.29 bits per heavy atom. The van der Waals surface area contributed by atoms with Crippen LogP contribution in [0.5, 0.6) is 0 Å². The standard InChI is InChI=1S/C15H16N4OS/c1-9-4-3-5-12(9)19-13-11(6-10(7-16)14(19)20)8-17-15(18-13)21-2/h6,8-9,12H,3-5H2,1-2H3. The van der Waals surface area contributed by atoms with Crippen LogP contribution in [0.4, 0.5) is 0 Å². The van der Waals surface area contributed by atoms with Gasteiger partial charge in [0.15, 0.2) is 5.16 Å². The monoisotopic (exact) mass is 300 g/mol. The number of hydrogen-bond donors (Lipinski definition) is 0. The maximum absolute atomic E-state index is 12.6. The lowest BCUT2D eigenvalue weighted by Crippen LogP contribution is -2.29. The van der Waals surface area contributed by atoms with Gasteiger partial charge in [-0.25, -0.2) is 9.97 Å². The molecule has 108 valence electrons. The SMILES string of the molecule is CSc1ncc2cc(C#N)c(=O)n(C3CCCC3C)c2n1. The van der Waals surface area contributed by atoms with Crippen LogP contribution in [0.1, 0.15) is 37.8 Å². The van der Waals surface area contributed by atoms with Crippen LogP contribution in [0.3, 0.4) is 0 Å². The Morgan fingerprint density at radius 3 is 2.90 bits per heavy atom. The topological polar surface area (TPSA) is 71.6 Å². The van der Waals surface area contributed by atoms with E-state index >= 15 is 0 Å². The van der Waals surface area contributed by atoms with Crippen molar-refractivity contribution in [1.82, 2.24) is 14.5 Å². The third kappa shape index (κ3) is 2.32. The zero-order valence-electron chi connectivity index (χ0n) is 12.0. The van der Waals surface area contributed by atoms with Gasteiger partial charge in [-0.1, -0.05) is 25.1 Å². The molecule has 0 bridgehead atoms. The van der Waals surface area contributed by atoms with Crippen molar-refractivity contribution in [2.24, 2.45) is 5.92 Å².